The summed E-state index contributed by atoms with van der Waals surface area (Å²) in [6, 6.07) is 0.264. The van der Waals surface area contributed by atoms with Crippen molar-refractivity contribution >= 4 is 5.91 Å². The molecule has 68 valence electrons. The van der Waals surface area contributed by atoms with Crippen LogP contribution in [0, 0.1) is 17.8 Å². The number of carbonyl (C=O) groups is 1. The van der Waals surface area contributed by atoms with Crippen LogP contribution in [0.5, 0.6) is 0 Å². The number of ether oxygens (including phenoxy) is 1. The van der Waals surface area contributed by atoms with Gasteiger partial charge in [-0.1, -0.05) is 0 Å². The highest BCUT2D eigenvalue weighted by Gasteiger charge is 2.57. The van der Waals surface area contributed by atoms with E-state index in [0.29, 0.717) is 11.8 Å². The van der Waals surface area contributed by atoms with Crippen LogP contribution in [0.25, 0.3) is 0 Å². The molecule has 0 aromatic carbocycles. The number of rotatable bonds is 2. The first-order valence-corrected chi connectivity index (χ1v) is 4.58. The SMILES string of the molecule is CC(C)NC(=O)C1C2COCC21. The normalized spacial score (nSPS) is 38.1. The van der Waals surface area contributed by atoms with Crippen LogP contribution in [0.3, 0.4) is 0 Å². The molecule has 0 radical (unpaired) electrons. The minimum Gasteiger partial charge on any atom is -0.381 e. The molecule has 1 saturated carbocycles. The predicted octanol–water partition coefficient (Wildman–Crippen LogP) is 0.403. The van der Waals surface area contributed by atoms with E-state index < -0.39 is 0 Å². The van der Waals surface area contributed by atoms with Gasteiger partial charge in [-0.05, 0) is 25.7 Å². The van der Waals surface area contributed by atoms with Gasteiger partial charge < -0.3 is 10.1 Å². The Morgan fingerprint density at radius 2 is 2.00 bits per heavy atom. The Morgan fingerprint density at radius 3 is 2.50 bits per heavy atom. The lowest BCUT2D eigenvalue weighted by molar-refractivity contribution is -0.124. The molecule has 12 heavy (non-hydrogen) atoms. The number of hydrogen-bond donors (Lipinski definition) is 1. The van der Waals surface area contributed by atoms with Crippen molar-refractivity contribution in [3.8, 4) is 0 Å². The van der Waals surface area contributed by atoms with Crippen molar-refractivity contribution in [1.82, 2.24) is 5.32 Å². The Labute approximate surface area is 72.5 Å². The molecule has 1 aliphatic carbocycles. The zero-order chi connectivity index (χ0) is 8.72. The van der Waals surface area contributed by atoms with Crippen molar-refractivity contribution < 1.29 is 9.53 Å². The molecule has 0 aromatic rings. The zero-order valence-corrected chi connectivity index (χ0v) is 7.54. The summed E-state index contributed by atoms with van der Waals surface area (Å²) in [5.74, 6) is 1.55. The van der Waals surface area contributed by atoms with E-state index >= 15 is 0 Å². The minimum atomic E-state index is 0.225. The molecule has 2 rings (SSSR count). The molecule has 2 atom stereocenters. The third-order valence-electron chi connectivity index (χ3n) is 2.69. The smallest absolute Gasteiger partial charge is 0.224 e. The third kappa shape index (κ3) is 1.22. The molecule has 1 N–H and O–H groups in total. The summed E-state index contributed by atoms with van der Waals surface area (Å²) in [4.78, 5) is 11.5. The van der Waals surface area contributed by atoms with E-state index in [1.54, 1.807) is 0 Å². The number of carbonyl (C=O) groups excluding carboxylic acids is 1. The van der Waals surface area contributed by atoms with E-state index in [0.717, 1.165) is 13.2 Å². The van der Waals surface area contributed by atoms with Crippen LogP contribution in [0.4, 0.5) is 0 Å². The fourth-order valence-corrected chi connectivity index (χ4v) is 2.01. The van der Waals surface area contributed by atoms with Crippen molar-refractivity contribution in [2.75, 3.05) is 13.2 Å². The van der Waals surface area contributed by atoms with Gasteiger partial charge in [0.15, 0.2) is 0 Å². The Kier molecular flexibility index (Phi) is 1.83. The molecule has 1 heterocycles. The van der Waals surface area contributed by atoms with Gasteiger partial charge in [-0.2, -0.15) is 0 Å². The Hall–Kier alpha value is -0.570. The summed E-state index contributed by atoms with van der Waals surface area (Å²) in [6.45, 7) is 5.57. The lowest BCUT2D eigenvalue weighted by Gasteiger charge is -2.09. The van der Waals surface area contributed by atoms with Crippen molar-refractivity contribution in [1.29, 1.82) is 0 Å². The van der Waals surface area contributed by atoms with E-state index in [1.165, 1.54) is 0 Å². The number of fused-ring (bicyclic) bond motifs is 1. The largest absolute Gasteiger partial charge is 0.381 e. The number of amides is 1. The molecule has 2 aliphatic rings. The van der Waals surface area contributed by atoms with Gasteiger partial charge in [0.2, 0.25) is 5.91 Å². The van der Waals surface area contributed by atoms with E-state index in [-0.39, 0.29) is 17.9 Å². The van der Waals surface area contributed by atoms with Crippen molar-refractivity contribution in [2.24, 2.45) is 17.8 Å². The lowest BCUT2D eigenvalue weighted by Crippen LogP contribution is -2.33. The topological polar surface area (TPSA) is 38.3 Å². The van der Waals surface area contributed by atoms with Gasteiger partial charge in [0.25, 0.3) is 0 Å². The highest BCUT2D eigenvalue weighted by molar-refractivity contribution is 5.82. The highest BCUT2D eigenvalue weighted by atomic mass is 16.5. The highest BCUT2D eigenvalue weighted by Crippen LogP contribution is 2.50. The summed E-state index contributed by atoms with van der Waals surface area (Å²) in [7, 11) is 0. The fraction of sp³-hybridized carbons (Fsp3) is 0.889. The van der Waals surface area contributed by atoms with Crippen LogP contribution in [0.1, 0.15) is 13.8 Å². The fourth-order valence-electron chi connectivity index (χ4n) is 2.01. The molecule has 2 fully saturated rings. The van der Waals surface area contributed by atoms with Crippen LogP contribution < -0.4 is 5.32 Å². The second-order valence-corrected chi connectivity index (χ2v) is 4.05. The van der Waals surface area contributed by atoms with Gasteiger partial charge in [0.05, 0.1) is 13.2 Å². The minimum absolute atomic E-state index is 0.225. The maximum absolute atomic E-state index is 11.5. The van der Waals surface area contributed by atoms with Crippen LogP contribution in [0.2, 0.25) is 0 Å². The second kappa shape index (κ2) is 2.73. The Balaban J connectivity index is 1.84. The third-order valence-corrected chi connectivity index (χ3v) is 2.69. The first-order chi connectivity index (χ1) is 5.70. The van der Waals surface area contributed by atoms with Crippen LogP contribution in [0.15, 0.2) is 0 Å². The monoisotopic (exact) mass is 169 g/mol. The van der Waals surface area contributed by atoms with Crippen LogP contribution in [-0.4, -0.2) is 25.2 Å². The first kappa shape index (κ1) is 8.05. The van der Waals surface area contributed by atoms with E-state index in [1.807, 2.05) is 13.8 Å². The zero-order valence-electron chi connectivity index (χ0n) is 7.54. The van der Waals surface area contributed by atoms with Gasteiger partial charge in [-0.25, -0.2) is 0 Å². The molecule has 1 amide bonds. The lowest BCUT2D eigenvalue weighted by atomic mass is 10.2. The maximum atomic E-state index is 11.5. The van der Waals surface area contributed by atoms with Gasteiger partial charge in [0.1, 0.15) is 0 Å². The molecule has 3 heteroatoms. The van der Waals surface area contributed by atoms with Gasteiger partial charge in [-0.15, -0.1) is 0 Å². The molecule has 0 spiro atoms. The molecule has 0 aromatic heterocycles. The molecule has 0 bridgehead atoms. The van der Waals surface area contributed by atoms with Gasteiger partial charge in [-0.3, -0.25) is 4.79 Å². The molecular weight excluding hydrogens is 154 g/mol. The van der Waals surface area contributed by atoms with Crippen LogP contribution >= 0.6 is 0 Å². The van der Waals surface area contributed by atoms with Gasteiger partial charge in [0, 0.05) is 12.0 Å². The van der Waals surface area contributed by atoms with E-state index in [9.17, 15) is 4.79 Å². The summed E-state index contributed by atoms with van der Waals surface area (Å²) in [6.07, 6.45) is 0. The van der Waals surface area contributed by atoms with Gasteiger partial charge >= 0.3 is 0 Å². The van der Waals surface area contributed by atoms with E-state index in [2.05, 4.69) is 5.32 Å². The summed E-state index contributed by atoms with van der Waals surface area (Å²) < 4.78 is 5.21. The van der Waals surface area contributed by atoms with Crippen molar-refractivity contribution in [2.45, 2.75) is 19.9 Å². The standard InChI is InChI=1S/C9H15NO2/c1-5(2)10-9(11)8-6-3-12-4-7(6)8/h5-8H,3-4H2,1-2H3,(H,10,11). The average Bonchev–Trinajstić information content (AvgIpc) is 2.45. The van der Waals surface area contributed by atoms with Crippen molar-refractivity contribution in [3.63, 3.8) is 0 Å². The van der Waals surface area contributed by atoms with E-state index in [4.69, 9.17) is 4.74 Å². The second-order valence-electron chi connectivity index (χ2n) is 4.05. The Morgan fingerprint density at radius 1 is 1.42 bits per heavy atom. The quantitative estimate of drug-likeness (QED) is 0.650. The first-order valence-electron chi connectivity index (χ1n) is 4.58. The molecule has 1 aliphatic heterocycles. The summed E-state index contributed by atoms with van der Waals surface area (Å²) in [5.41, 5.74) is 0. The van der Waals surface area contributed by atoms with Crippen molar-refractivity contribution in [3.05, 3.63) is 0 Å². The molecule has 2 unspecified atom stereocenters. The molecule has 3 nitrogen and oxygen atoms in total. The average molecular weight is 169 g/mol. The predicted molar refractivity (Wildman–Crippen MR) is 44.6 cm³/mol. The Bertz CT molecular complexity index is 193. The molecular formula is C9H15NO2. The maximum Gasteiger partial charge on any atom is 0.224 e. The summed E-state index contributed by atoms with van der Waals surface area (Å²) in [5, 5.41) is 2.94. The molecule has 1 saturated heterocycles. The number of nitrogens with one attached hydrogen (secondary N) is 1. The summed E-state index contributed by atoms with van der Waals surface area (Å²) >= 11 is 0. The van der Waals surface area contributed by atoms with Crippen LogP contribution in [-0.2, 0) is 9.53 Å². The number of hydrogen-bond acceptors (Lipinski definition) is 2.